The van der Waals surface area contributed by atoms with Crippen molar-refractivity contribution in [2.45, 2.75) is 18.3 Å². The lowest BCUT2D eigenvalue weighted by Crippen LogP contribution is -2.29. The molecule has 2 aliphatic rings. The van der Waals surface area contributed by atoms with Gasteiger partial charge in [-0.3, -0.25) is 0 Å². The summed E-state index contributed by atoms with van der Waals surface area (Å²) in [5.41, 5.74) is 13.6. The topological polar surface area (TPSA) is 64.1 Å². The van der Waals surface area contributed by atoms with Gasteiger partial charge in [-0.25, -0.2) is 0 Å². The summed E-state index contributed by atoms with van der Waals surface area (Å²) in [5.74, 6) is 0. The standard InChI is InChI=1S/C7H11N3S/c8-4-1-2-5-6(3-4)11-7(9)10-5/h3,7,10H,1-2,8-9H2/t7-/m0/s1. The zero-order valence-corrected chi connectivity index (χ0v) is 6.95. The molecule has 0 spiro atoms. The van der Waals surface area contributed by atoms with E-state index in [1.54, 1.807) is 11.8 Å². The first-order chi connectivity index (χ1) is 5.25. The van der Waals surface area contributed by atoms with Gasteiger partial charge in [-0.15, -0.1) is 0 Å². The lowest BCUT2D eigenvalue weighted by molar-refractivity contribution is 0.725. The molecule has 0 saturated heterocycles. The number of thioether (sulfide) groups is 1. The van der Waals surface area contributed by atoms with Gasteiger partial charge in [-0.1, -0.05) is 11.8 Å². The van der Waals surface area contributed by atoms with Gasteiger partial charge in [0.15, 0.2) is 0 Å². The van der Waals surface area contributed by atoms with Gasteiger partial charge in [-0.05, 0) is 18.9 Å². The van der Waals surface area contributed by atoms with Crippen molar-refractivity contribution in [1.82, 2.24) is 5.32 Å². The number of nitrogens with one attached hydrogen (secondary N) is 1. The molecule has 0 radical (unpaired) electrons. The first-order valence-corrected chi connectivity index (χ1v) is 4.51. The summed E-state index contributed by atoms with van der Waals surface area (Å²) in [7, 11) is 0. The zero-order chi connectivity index (χ0) is 7.84. The fourth-order valence-corrected chi connectivity index (χ4v) is 2.30. The molecule has 11 heavy (non-hydrogen) atoms. The molecule has 0 aromatic carbocycles. The van der Waals surface area contributed by atoms with Crippen molar-refractivity contribution in [2.75, 3.05) is 0 Å². The van der Waals surface area contributed by atoms with Gasteiger partial charge in [0.25, 0.3) is 0 Å². The van der Waals surface area contributed by atoms with E-state index in [2.05, 4.69) is 5.32 Å². The Morgan fingerprint density at radius 2 is 2.36 bits per heavy atom. The first-order valence-electron chi connectivity index (χ1n) is 3.63. The first kappa shape index (κ1) is 7.06. The largest absolute Gasteiger partial charge is 0.402 e. The van der Waals surface area contributed by atoms with E-state index in [9.17, 15) is 0 Å². The normalized spacial score (nSPS) is 29.5. The molecule has 0 amide bonds. The molecule has 3 nitrogen and oxygen atoms in total. The van der Waals surface area contributed by atoms with E-state index < -0.39 is 0 Å². The van der Waals surface area contributed by atoms with Crippen LogP contribution in [0.5, 0.6) is 0 Å². The number of nitrogens with two attached hydrogens (primary N) is 2. The van der Waals surface area contributed by atoms with Crippen LogP contribution in [0.1, 0.15) is 12.8 Å². The highest BCUT2D eigenvalue weighted by Gasteiger charge is 2.22. The van der Waals surface area contributed by atoms with Crippen molar-refractivity contribution >= 4 is 11.8 Å². The van der Waals surface area contributed by atoms with E-state index in [1.807, 2.05) is 6.08 Å². The lowest BCUT2D eigenvalue weighted by Gasteiger charge is -2.10. The molecule has 1 atom stereocenters. The Morgan fingerprint density at radius 1 is 1.55 bits per heavy atom. The molecule has 1 aliphatic heterocycles. The quantitative estimate of drug-likeness (QED) is 0.491. The van der Waals surface area contributed by atoms with Gasteiger partial charge in [0.2, 0.25) is 0 Å². The molecule has 0 aromatic rings. The summed E-state index contributed by atoms with van der Waals surface area (Å²) in [5, 5.41) is 3.20. The third kappa shape index (κ3) is 1.23. The van der Waals surface area contributed by atoms with E-state index in [-0.39, 0.29) is 5.50 Å². The molecule has 5 N–H and O–H groups in total. The molecular formula is C7H11N3S. The smallest absolute Gasteiger partial charge is 0.127 e. The van der Waals surface area contributed by atoms with Crippen LogP contribution in [0.15, 0.2) is 22.4 Å². The number of allylic oxidation sites excluding steroid dienone is 3. The average molecular weight is 169 g/mol. The molecular weight excluding hydrogens is 158 g/mol. The highest BCUT2D eigenvalue weighted by Crippen LogP contribution is 2.34. The second kappa shape index (κ2) is 2.46. The molecule has 0 bridgehead atoms. The summed E-state index contributed by atoms with van der Waals surface area (Å²) in [4.78, 5) is 1.22. The van der Waals surface area contributed by atoms with Crippen LogP contribution in [-0.2, 0) is 0 Å². The van der Waals surface area contributed by atoms with Crippen molar-refractivity contribution < 1.29 is 0 Å². The molecule has 1 aliphatic carbocycles. The van der Waals surface area contributed by atoms with E-state index in [4.69, 9.17) is 11.5 Å². The summed E-state index contributed by atoms with van der Waals surface area (Å²) in [6, 6.07) is 0. The number of rotatable bonds is 0. The molecule has 0 saturated carbocycles. The minimum absolute atomic E-state index is 0.0298. The molecule has 60 valence electrons. The van der Waals surface area contributed by atoms with E-state index in [0.717, 1.165) is 18.5 Å². The predicted octanol–water partition coefficient (Wildman–Crippen LogP) is 0.413. The van der Waals surface area contributed by atoms with Crippen LogP contribution in [-0.4, -0.2) is 5.50 Å². The fourth-order valence-electron chi connectivity index (χ4n) is 1.31. The Morgan fingerprint density at radius 3 is 3.18 bits per heavy atom. The van der Waals surface area contributed by atoms with E-state index >= 15 is 0 Å². The van der Waals surface area contributed by atoms with Gasteiger partial charge in [-0.2, -0.15) is 0 Å². The van der Waals surface area contributed by atoms with Crippen LogP contribution in [0.4, 0.5) is 0 Å². The molecule has 4 heteroatoms. The van der Waals surface area contributed by atoms with Crippen LogP contribution in [0.2, 0.25) is 0 Å². The lowest BCUT2D eigenvalue weighted by atomic mass is 10.1. The zero-order valence-electron chi connectivity index (χ0n) is 6.13. The van der Waals surface area contributed by atoms with Gasteiger partial charge in [0, 0.05) is 16.3 Å². The Hall–Kier alpha value is -0.610. The maximum Gasteiger partial charge on any atom is 0.127 e. The highest BCUT2D eigenvalue weighted by atomic mass is 32.2. The fraction of sp³-hybridized carbons (Fsp3) is 0.429. The van der Waals surface area contributed by atoms with Crippen LogP contribution in [0.25, 0.3) is 0 Å². The minimum atomic E-state index is 0.0298. The predicted molar refractivity (Wildman–Crippen MR) is 47.2 cm³/mol. The molecule has 0 aromatic heterocycles. The SMILES string of the molecule is NC1=CC2=C(CC1)N[C@H](N)S2. The van der Waals surface area contributed by atoms with Crippen LogP contribution in [0.3, 0.4) is 0 Å². The maximum absolute atomic E-state index is 5.68. The van der Waals surface area contributed by atoms with Gasteiger partial charge < -0.3 is 16.8 Å². The number of hydrogen-bond acceptors (Lipinski definition) is 4. The van der Waals surface area contributed by atoms with Gasteiger partial charge in [0.1, 0.15) is 5.50 Å². The van der Waals surface area contributed by atoms with Crippen molar-refractivity contribution in [2.24, 2.45) is 11.5 Å². The van der Waals surface area contributed by atoms with E-state index in [1.165, 1.54) is 10.6 Å². The Kier molecular flexibility index (Phi) is 1.58. The summed E-state index contributed by atoms with van der Waals surface area (Å²) in [6.07, 6.45) is 3.99. The van der Waals surface area contributed by atoms with Crippen molar-refractivity contribution in [3.05, 3.63) is 22.4 Å². The average Bonchev–Trinajstić information content (AvgIpc) is 2.27. The summed E-state index contributed by atoms with van der Waals surface area (Å²) in [6.45, 7) is 0. The maximum atomic E-state index is 5.68. The summed E-state index contributed by atoms with van der Waals surface area (Å²) < 4.78 is 0. The Bertz CT molecular complexity index is 244. The third-order valence-corrected chi connectivity index (χ3v) is 2.84. The van der Waals surface area contributed by atoms with Crippen LogP contribution in [0, 0.1) is 0 Å². The Labute approximate surface area is 69.9 Å². The number of hydrogen-bond donors (Lipinski definition) is 3. The Balaban J connectivity index is 2.23. The van der Waals surface area contributed by atoms with Gasteiger partial charge >= 0.3 is 0 Å². The summed E-state index contributed by atoms with van der Waals surface area (Å²) >= 11 is 1.64. The molecule has 2 rings (SSSR count). The second-order valence-corrected chi connectivity index (χ2v) is 3.93. The van der Waals surface area contributed by atoms with Crippen LogP contribution >= 0.6 is 11.8 Å². The van der Waals surface area contributed by atoms with Crippen LogP contribution < -0.4 is 16.8 Å². The van der Waals surface area contributed by atoms with Crippen molar-refractivity contribution in [3.63, 3.8) is 0 Å². The minimum Gasteiger partial charge on any atom is -0.402 e. The molecule has 0 fully saturated rings. The van der Waals surface area contributed by atoms with Crippen molar-refractivity contribution in [3.8, 4) is 0 Å². The second-order valence-electron chi connectivity index (χ2n) is 2.74. The molecule has 1 heterocycles. The van der Waals surface area contributed by atoms with Crippen molar-refractivity contribution in [1.29, 1.82) is 0 Å². The molecule has 0 unspecified atom stereocenters. The highest BCUT2D eigenvalue weighted by molar-refractivity contribution is 8.04. The van der Waals surface area contributed by atoms with Gasteiger partial charge in [0.05, 0.1) is 0 Å². The van der Waals surface area contributed by atoms with E-state index in [0.29, 0.717) is 0 Å². The monoisotopic (exact) mass is 169 g/mol. The third-order valence-electron chi connectivity index (χ3n) is 1.85.